The molecule has 0 saturated carbocycles. The lowest BCUT2D eigenvalue weighted by Crippen LogP contribution is -2.49. The normalized spacial score (nSPS) is 18.1. The lowest BCUT2D eigenvalue weighted by atomic mass is 10.0. The molecule has 0 aliphatic carbocycles. The van der Waals surface area contributed by atoms with Gasteiger partial charge in [-0.15, -0.1) is 0 Å². The molecule has 0 bridgehead atoms. The van der Waals surface area contributed by atoms with Crippen LogP contribution in [0, 0.1) is 11.6 Å². The van der Waals surface area contributed by atoms with Crippen LogP contribution in [0.4, 0.5) is 13.6 Å². The van der Waals surface area contributed by atoms with Gasteiger partial charge in [-0.05, 0) is 87.8 Å². The van der Waals surface area contributed by atoms with Crippen LogP contribution in [0.5, 0.6) is 5.75 Å². The molecule has 0 radical (unpaired) electrons. The van der Waals surface area contributed by atoms with Crippen molar-refractivity contribution in [1.29, 1.82) is 0 Å². The molecule has 0 N–H and O–H groups in total. The Bertz CT molecular complexity index is 974. The number of ether oxygens (including phenoxy) is 1. The Labute approximate surface area is 188 Å². The van der Waals surface area contributed by atoms with Crippen molar-refractivity contribution in [3.63, 3.8) is 0 Å². The predicted molar refractivity (Wildman–Crippen MR) is 119 cm³/mol. The van der Waals surface area contributed by atoms with Gasteiger partial charge in [-0.25, -0.2) is 13.6 Å². The summed E-state index contributed by atoms with van der Waals surface area (Å²) in [5.41, 5.74) is 2.46. The second-order valence-electron chi connectivity index (χ2n) is 9.15. The van der Waals surface area contributed by atoms with Crippen LogP contribution in [0.3, 0.4) is 0 Å². The minimum absolute atomic E-state index is 0.0842. The second kappa shape index (κ2) is 9.45. The average Bonchev–Trinajstić information content (AvgIpc) is 2.87. The van der Waals surface area contributed by atoms with Gasteiger partial charge in [-0.1, -0.05) is 12.1 Å². The van der Waals surface area contributed by atoms with E-state index in [2.05, 4.69) is 11.9 Å². The zero-order valence-electron chi connectivity index (χ0n) is 19.0. The number of benzene rings is 2. The Kier molecular flexibility index (Phi) is 6.65. The number of hydrogen-bond acceptors (Lipinski definition) is 3. The molecule has 7 heteroatoms. The van der Waals surface area contributed by atoms with Crippen molar-refractivity contribution in [1.82, 2.24) is 14.7 Å². The first-order chi connectivity index (χ1) is 15.3. The monoisotopic (exact) mass is 443 g/mol. The maximum absolute atomic E-state index is 14.5. The van der Waals surface area contributed by atoms with Crippen LogP contribution in [-0.4, -0.2) is 53.0 Å². The number of urea groups is 1. The summed E-state index contributed by atoms with van der Waals surface area (Å²) in [6.45, 7) is 6.58. The van der Waals surface area contributed by atoms with E-state index in [0.717, 1.165) is 37.1 Å². The van der Waals surface area contributed by atoms with Crippen LogP contribution in [0.25, 0.3) is 0 Å². The Morgan fingerprint density at radius 3 is 2.47 bits per heavy atom. The molecule has 2 aliphatic rings. The van der Waals surface area contributed by atoms with Crippen molar-refractivity contribution in [2.45, 2.75) is 58.5 Å². The van der Waals surface area contributed by atoms with E-state index in [9.17, 15) is 13.6 Å². The van der Waals surface area contributed by atoms with E-state index in [1.165, 1.54) is 18.2 Å². The third-order valence-corrected chi connectivity index (χ3v) is 6.25. The molecule has 2 aliphatic heterocycles. The molecule has 2 aromatic carbocycles. The lowest BCUT2D eigenvalue weighted by molar-refractivity contribution is 0.101. The predicted octanol–water partition coefficient (Wildman–Crippen LogP) is 4.78. The molecule has 0 aromatic heterocycles. The maximum atomic E-state index is 14.5. The zero-order valence-corrected chi connectivity index (χ0v) is 19.0. The van der Waals surface area contributed by atoms with E-state index in [1.54, 1.807) is 23.1 Å². The standard InChI is InChI=1S/C25H31F2N3O2/c1-17(2)32-24-7-4-18(12-23(24)27)14-29-15-19-5-6-21(26)13-20(19)16-30(25(29)31)22-8-10-28(3)11-9-22/h4-7,12-13,17,22H,8-11,14-16H2,1-3H3. The van der Waals surface area contributed by atoms with Gasteiger partial charge in [0.15, 0.2) is 11.6 Å². The summed E-state index contributed by atoms with van der Waals surface area (Å²) < 4.78 is 34.0. The first kappa shape index (κ1) is 22.5. The molecule has 1 fully saturated rings. The smallest absolute Gasteiger partial charge is 0.321 e. The number of amides is 2. The zero-order chi connectivity index (χ0) is 22.8. The van der Waals surface area contributed by atoms with Gasteiger partial charge < -0.3 is 19.4 Å². The summed E-state index contributed by atoms with van der Waals surface area (Å²) in [7, 11) is 2.08. The van der Waals surface area contributed by atoms with Gasteiger partial charge in [0.25, 0.3) is 0 Å². The van der Waals surface area contributed by atoms with Crippen molar-refractivity contribution >= 4 is 6.03 Å². The first-order valence-electron chi connectivity index (χ1n) is 11.3. The highest BCUT2D eigenvalue weighted by atomic mass is 19.1. The number of rotatable bonds is 5. The van der Waals surface area contributed by atoms with Gasteiger partial charge in [0.05, 0.1) is 6.10 Å². The minimum Gasteiger partial charge on any atom is -0.488 e. The van der Waals surface area contributed by atoms with Crippen LogP contribution >= 0.6 is 0 Å². The molecule has 0 unspecified atom stereocenters. The highest BCUT2D eigenvalue weighted by Crippen LogP contribution is 2.28. The van der Waals surface area contributed by atoms with Crippen molar-refractivity contribution in [2.24, 2.45) is 0 Å². The quantitative estimate of drug-likeness (QED) is 0.667. The Morgan fingerprint density at radius 1 is 1.03 bits per heavy atom. The number of fused-ring (bicyclic) bond motifs is 1. The summed E-state index contributed by atoms with van der Waals surface area (Å²) in [5.74, 6) is -0.524. The van der Waals surface area contributed by atoms with Gasteiger partial charge in [0.2, 0.25) is 0 Å². The van der Waals surface area contributed by atoms with Crippen molar-refractivity contribution in [3.8, 4) is 5.75 Å². The van der Waals surface area contributed by atoms with Crippen LogP contribution < -0.4 is 4.74 Å². The highest BCUT2D eigenvalue weighted by Gasteiger charge is 2.33. The SMILES string of the molecule is CC(C)Oc1ccc(CN2Cc3ccc(F)cc3CN(C3CCN(C)CC3)C2=O)cc1F. The molecular weight excluding hydrogens is 412 g/mol. The Balaban J connectivity index is 1.61. The van der Waals surface area contributed by atoms with Gasteiger partial charge >= 0.3 is 6.03 Å². The third-order valence-electron chi connectivity index (χ3n) is 6.25. The molecule has 4 rings (SSSR count). The van der Waals surface area contributed by atoms with Gasteiger partial charge in [0.1, 0.15) is 5.82 Å². The summed E-state index contributed by atoms with van der Waals surface area (Å²) in [4.78, 5) is 19.5. The molecule has 2 amide bonds. The number of hydrogen-bond donors (Lipinski definition) is 0. The van der Waals surface area contributed by atoms with E-state index in [1.807, 2.05) is 18.7 Å². The molecule has 1 saturated heterocycles. The second-order valence-corrected chi connectivity index (χ2v) is 9.15. The van der Waals surface area contributed by atoms with Crippen molar-refractivity contribution in [2.75, 3.05) is 20.1 Å². The number of carbonyl (C=O) groups is 1. The molecule has 172 valence electrons. The van der Waals surface area contributed by atoms with Crippen LogP contribution in [0.1, 0.15) is 43.4 Å². The minimum atomic E-state index is -0.437. The fourth-order valence-electron chi connectivity index (χ4n) is 4.53. The lowest BCUT2D eigenvalue weighted by Gasteiger charge is -2.38. The maximum Gasteiger partial charge on any atom is 0.321 e. The number of piperidine rings is 1. The fraction of sp³-hybridized carbons (Fsp3) is 0.480. The summed E-state index contributed by atoms with van der Waals surface area (Å²) >= 11 is 0. The van der Waals surface area contributed by atoms with Crippen LogP contribution in [0.15, 0.2) is 36.4 Å². The van der Waals surface area contributed by atoms with Crippen LogP contribution in [0.2, 0.25) is 0 Å². The Morgan fingerprint density at radius 2 is 1.78 bits per heavy atom. The van der Waals surface area contributed by atoms with Crippen LogP contribution in [-0.2, 0) is 19.6 Å². The molecule has 2 aromatic rings. The third kappa shape index (κ3) is 5.04. The van der Waals surface area contributed by atoms with E-state index >= 15 is 0 Å². The van der Waals surface area contributed by atoms with E-state index in [4.69, 9.17) is 4.74 Å². The van der Waals surface area contributed by atoms with E-state index < -0.39 is 5.82 Å². The van der Waals surface area contributed by atoms with Gasteiger partial charge in [-0.2, -0.15) is 0 Å². The molecule has 0 spiro atoms. The number of likely N-dealkylation sites (tertiary alicyclic amines) is 1. The number of nitrogens with zero attached hydrogens (tertiary/aromatic N) is 3. The highest BCUT2D eigenvalue weighted by molar-refractivity contribution is 5.76. The molecule has 32 heavy (non-hydrogen) atoms. The number of carbonyl (C=O) groups excluding carboxylic acids is 1. The molecule has 0 atom stereocenters. The molecule has 5 nitrogen and oxygen atoms in total. The van der Waals surface area contributed by atoms with Gasteiger partial charge in [-0.3, -0.25) is 0 Å². The van der Waals surface area contributed by atoms with E-state index in [-0.39, 0.29) is 36.3 Å². The number of halogens is 2. The molecular formula is C25H31F2N3O2. The summed E-state index contributed by atoms with van der Waals surface area (Å²) in [5, 5.41) is 0. The van der Waals surface area contributed by atoms with Crippen molar-refractivity contribution in [3.05, 3.63) is 64.7 Å². The summed E-state index contributed by atoms with van der Waals surface area (Å²) in [6, 6.07) is 9.59. The Hall–Kier alpha value is -2.67. The fourth-order valence-corrected chi connectivity index (χ4v) is 4.53. The first-order valence-corrected chi connectivity index (χ1v) is 11.3. The van der Waals surface area contributed by atoms with Gasteiger partial charge in [0, 0.05) is 25.7 Å². The average molecular weight is 444 g/mol. The molecule has 2 heterocycles. The van der Waals surface area contributed by atoms with E-state index in [0.29, 0.717) is 18.7 Å². The largest absolute Gasteiger partial charge is 0.488 e. The van der Waals surface area contributed by atoms with Crippen molar-refractivity contribution < 1.29 is 18.3 Å². The summed E-state index contributed by atoms with van der Waals surface area (Å²) in [6.07, 6.45) is 1.65. The topological polar surface area (TPSA) is 36.0 Å².